The summed E-state index contributed by atoms with van der Waals surface area (Å²) in [4.78, 5) is 0. The average Bonchev–Trinajstić information content (AvgIpc) is 2.59. The Bertz CT molecular complexity index is 338. The van der Waals surface area contributed by atoms with Crippen molar-refractivity contribution in [3.8, 4) is 0 Å². The molecule has 0 aromatic carbocycles. The van der Waals surface area contributed by atoms with Crippen molar-refractivity contribution in [2.24, 2.45) is 18.4 Å². The SMILES string of the molecule is CC(CC(O)CCc1ccnn1C)C(C)(C)C. The molecule has 0 bridgehead atoms. The van der Waals surface area contributed by atoms with E-state index in [0.29, 0.717) is 5.92 Å². The fraction of sp³-hybridized carbons (Fsp3) is 0.786. The van der Waals surface area contributed by atoms with Crippen LogP contribution in [0.25, 0.3) is 0 Å². The van der Waals surface area contributed by atoms with Crippen LogP contribution in [0.2, 0.25) is 0 Å². The topological polar surface area (TPSA) is 38.1 Å². The summed E-state index contributed by atoms with van der Waals surface area (Å²) in [6.07, 6.45) is 4.19. The monoisotopic (exact) mass is 238 g/mol. The van der Waals surface area contributed by atoms with E-state index in [2.05, 4.69) is 32.8 Å². The van der Waals surface area contributed by atoms with Gasteiger partial charge in [0, 0.05) is 18.9 Å². The maximum atomic E-state index is 10.0. The predicted octanol–water partition coefficient (Wildman–Crippen LogP) is 2.79. The minimum absolute atomic E-state index is 0.209. The van der Waals surface area contributed by atoms with Gasteiger partial charge in [0.15, 0.2) is 0 Å². The molecule has 0 aliphatic rings. The van der Waals surface area contributed by atoms with E-state index in [-0.39, 0.29) is 11.5 Å². The highest BCUT2D eigenvalue weighted by molar-refractivity contribution is 5.00. The van der Waals surface area contributed by atoms with Gasteiger partial charge in [-0.3, -0.25) is 4.68 Å². The van der Waals surface area contributed by atoms with E-state index < -0.39 is 0 Å². The molecule has 1 N–H and O–H groups in total. The van der Waals surface area contributed by atoms with Crippen molar-refractivity contribution in [2.75, 3.05) is 0 Å². The Balaban J connectivity index is 2.36. The van der Waals surface area contributed by atoms with Gasteiger partial charge in [-0.15, -0.1) is 0 Å². The van der Waals surface area contributed by atoms with Crippen LogP contribution in [0.1, 0.15) is 46.2 Å². The van der Waals surface area contributed by atoms with Crippen LogP contribution in [0.15, 0.2) is 12.3 Å². The molecule has 2 unspecified atom stereocenters. The van der Waals surface area contributed by atoms with Gasteiger partial charge in [-0.1, -0.05) is 27.7 Å². The molecule has 1 aromatic heterocycles. The Labute approximate surface area is 105 Å². The molecule has 0 saturated carbocycles. The highest BCUT2D eigenvalue weighted by Crippen LogP contribution is 2.29. The molecule has 3 nitrogen and oxygen atoms in total. The molecule has 0 aliphatic carbocycles. The lowest BCUT2D eigenvalue weighted by atomic mass is 9.78. The highest BCUT2D eigenvalue weighted by Gasteiger charge is 2.22. The van der Waals surface area contributed by atoms with Crippen LogP contribution in [0.4, 0.5) is 0 Å². The summed E-state index contributed by atoms with van der Waals surface area (Å²) in [5.74, 6) is 0.532. The van der Waals surface area contributed by atoms with Crippen LogP contribution < -0.4 is 0 Å². The Morgan fingerprint density at radius 2 is 2.06 bits per heavy atom. The maximum Gasteiger partial charge on any atom is 0.0546 e. The second-order valence-electron chi connectivity index (χ2n) is 6.14. The molecule has 1 aromatic rings. The van der Waals surface area contributed by atoms with Gasteiger partial charge in [-0.05, 0) is 36.7 Å². The van der Waals surface area contributed by atoms with Crippen LogP contribution >= 0.6 is 0 Å². The Morgan fingerprint density at radius 1 is 1.41 bits per heavy atom. The van der Waals surface area contributed by atoms with Crippen molar-refractivity contribution in [3.63, 3.8) is 0 Å². The van der Waals surface area contributed by atoms with E-state index >= 15 is 0 Å². The zero-order valence-electron chi connectivity index (χ0n) is 11.8. The molecule has 1 rings (SSSR count). The van der Waals surface area contributed by atoms with Crippen molar-refractivity contribution >= 4 is 0 Å². The van der Waals surface area contributed by atoms with Crippen LogP contribution in [0.5, 0.6) is 0 Å². The third kappa shape index (κ3) is 4.50. The number of aryl methyl sites for hydroxylation is 2. The molecule has 3 heteroatoms. The van der Waals surface area contributed by atoms with Gasteiger partial charge in [0.05, 0.1) is 6.10 Å². The smallest absolute Gasteiger partial charge is 0.0546 e. The van der Waals surface area contributed by atoms with Gasteiger partial charge in [-0.2, -0.15) is 5.10 Å². The standard InChI is InChI=1S/C14H26N2O/c1-11(14(2,3)4)10-13(17)7-6-12-8-9-15-16(12)5/h8-9,11,13,17H,6-7,10H2,1-5H3. The quantitative estimate of drug-likeness (QED) is 0.856. The number of rotatable bonds is 5. The van der Waals surface area contributed by atoms with Crippen molar-refractivity contribution < 1.29 is 5.11 Å². The average molecular weight is 238 g/mol. The van der Waals surface area contributed by atoms with Crippen molar-refractivity contribution in [3.05, 3.63) is 18.0 Å². The zero-order valence-corrected chi connectivity index (χ0v) is 11.8. The summed E-state index contributed by atoms with van der Waals surface area (Å²) < 4.78 is 1.87. The first-order valence-corrected chi connectivity index (χ1v) is 6.45. The van der Waals surface area contributed by atoms with Crippen LogP contribution in [0.3, 0.4) is 0 Å². The van der Waals surface area contributed by atoms with E-state index in [1.54, 1.807) is 6.20 Å². The summed E-state index contributed by atoms with van der Waals surface area (Å²) >= 11 is 0. The van der Waals surface area contributed by atoms with E-state index in [4.69, 9.17) is 0 Å². The highest BCUT2D eigenvalue weighted by atomic mass is 16.3. The predicted molar refractivity (Wildman–Crippen MR) is 70.8 cm³/mol. The van der Waals surface area contributed by atoms with Crippen LogP contribution in [-0.2, 0) is 13.5 Å². The van der Waals surface area contributed by atoms with E-state index in [1.165, 1.54) is 5.69 Å². The summed E-state index contributed by atoms with van der Waals surface area (Å²) in [5, 5.41) is 14.2. The first-order valence-electron chi connectivity index (χ1n) is 6.45. The number of aliphatic hydroxyl groups is 1. The number of aromatic nitrogens is 2. The molecule has 0 fully saturated rings. The normalized spacial score (nSPS) is 15.9. The van der Waals surface area contributed by atoms with E-state index in [1.807, 2.05) is 17.8 Å². The zero-order chi connectivity index (χ0) is 13.1. The number of hydrogen-bond donors (Lipinski definition) is 1. The fourth-order valence-corrected chi connectivity index (χ4v) is 1.84. The number of aliphatic hydroxyl groups excluding tert-OH is 1. The summed E-state index contributed by atoms with van der Waals surface area (Å²) in [6.45, 7) is 8.90. The summed E-state index contributed by atoms with van der Waals surface area (Å²) in [7, 11) is 1.94. The molecule has 0 spiro atoms. The first kappa shape index (κ1) is 14.2. The van der Waals surface area contributed by atoms with Gasteiger partial charge in [0.2, 0.25) is 0 Å². The van der Waals surface area contributed by atoms with Gasteiger partial charge in [0.1, 0.15) is 0 Å². The van der Waals surface area contributed by atoms with Crippen LogP contribution in [0, 0.1) is 11.3 Å². The lowest BCUT2D eigenvalue weighted by Gasteiger charge is -2.29. The first-order chi connectivity index (χ1) is 7.80. The minimum Gasteiger partial charge on any atom is -0.393 e. The Morgan fingerprint density at radius 3 is 2.53 bits per heavy atom. The Kier molecular flexibility index (Phi) is 4.75. The lowest BCUT2D eigenvalue weighted by Crippen LogP contribution is -2.23. The lowest BCUT2D eigenvalue weighted by molar-refractivity contribution is 0.103. The second kappa shape index (κ2) is 5.67. The summed E-state index contributed by atoms with van der Waals surface area (Å²) in [6, 6.07) is 2.01. The second-order valence-corrected chi connectivity index (χ2v) is 6.14. The molecule has 98 valence electrons. The molecular formula is C14H26N2O. The van der Waals surface area contributed by atoms with Gasteiger partial charge < -0.3 is 5.11 Å². The number of hydrogen-bond acceptors (Lipinski definition) is 2. The van der Waals surface area contributed by atoms with Gasteiger partial charge >= 0.3 is 0 Å². The Hall–Kier alpha value is -0.830. The number of nitrogens with zero attached hydrogens (tertiary/aromatic N) is 2. The van der Waals surface area contributed by atoms with E-state index in [0.717, 1.165) is 19.3 Å². The largest absolute Gasteiger partial charge is 0.393 e. The molecular weight excluding hydrogens is 212 g/mol. The third-order valence-corrected chi connectivity index (χ3v) is 3.76. The maximum absolute atomic E-state index is 10.0. The molecule has 17 heavy (non-hydrogen) atoms. The third-order valence-electron chi connectivity index (χ3n) is 3.76. The van der Waals surface area contributed by atoms with Gasteiger partial charge in [0.25, 0.3) is 0 Å². The van der Waals surface area contributed by atoms with E-state index in [9.17, 15) is 5.11 Å². The molecule has 0 saturated heterocycles. The molecule has 0 amide bonds. The summed E-state index contributed by atoms with van der Waals surface area (Å²) in [5.41, 5.74) is 1.46. The fourth-order valence-electron chi connectivity index (χ4n) is 1.84. The molecule has 2 atom stereocenters. The van der Waals surface area contributed by atoms with Gasteiger partial charge in [-0.25, -0.2) is 0 Å². The van der Waals surface area contributed by atoms with Crippen molar-refractivity contribution in [2.45, 2.75) is 53.1 Å². The molecule has 0 aliphatic heterocycles. The van der Waals surface area contributed by atoms with Crippen molar-refractivity contribution in [1.29, 1.82) is 0 Å². The minimum atomic E-state index is -0.209. The molecule has 0 radical (unpaired) electrons. The molecule has 1 heterocycles. The van der Waals surface area contributed by atoms with Crippen molar-refractivity contribution in [1.82, 2.24) is 9.78 Å². The van der Waals surface area contributed by atoms with Crippen LogP contribution in [-0.4, -0.2) is 21.0 Å².